The maximum absolute atomic E-state index is 6.12. The lowest BCUT2D eigenvalue weighted by Crippen LogP contribution is -2.27. The van der Waals surface area contributed by atoms with Gasteiger partial charge in [0.15, 0.2) is 0 Å². The molecule has 2 heterocycles. The Hall–Kier alpha value is -1.06. The molecule has 0 bridgehead atoms. The van der Waals surface area contributed by atoms with Crippen molar-refractivity contribution in [1.29, 1.82) is 0 Å². The molecule has 1 aliphatic rings. The summed E-state index contributed by atoms with van der Waals surface area (Å²) >= 11 is 6.12. The average Bonchev–Trinajstić information content (AvgIpc) is 3.05. The van der Waals surface area contributed by atoms with E-state index in [-0.39, 0.29) is 0 Å². The Labute approximate surface area is 125 Å². The summed E-state index contributed by atoms with van der Waals surface area (Å²) < 4.78 is 2.34. The number of alkyl halides is 1. The van der Waals surface area contributed by atoms with Crippen molar-refractivity contribution >= 4 is 22.6 Å². The summed E-state index contributed by atoms with van der Waals surface area (Å²) in [5.74, 6) is 1.46. The topological polar surface area (TPSA) is 21.1 Å². The van der Waals surface area contributed by atoms with Crippen molar-refractivity contribution in [3.63, 3.8) is 0 Å². The number of rotatable bonds is 4. The smallest absolute Gasteiger partial charge is 0.125 e. The molecule has 0 aliphatic carbocycles. The van der Waals surface area contributed by atoms with Gasteiger partial charge in [-0.05, 0) is 51.4 Å². The van der Waals surface area contributed by atoms with E-state index in [1.807, 2.05) is 0 Å². The van der Waals surface area contributed by atoms with Crippen molar-refractivity contribution < 1.29 is 0 Å². The van der Waals surface area contributed by atoms with E-state index in [4.69, 9.17) is 16.6 Å². The second kappa shape index (κ2) is 5.74. The fourth-order valence-electron chi connectivity index (χ4n) is 3.36. The van der Waals surface area contributed by atoms with Gasteiger partial charge in [0.1, 0.15) is 5.82 Å². The summed E-state index contributed by atoms with van der Waals surface area (Å²) in [5.41, 5.74) is 3.59. The maximum Gasteiger partial charge on any atom is 0.125 e. The van der Waals surface area contributed by atoms with Gasteiger partial charge >= 0.3 is 0 Å². The van der Waals surface area contributed by atoms with Gasteiger partial charge in [-0.15, -0.1) is 11.6 Å². The fraction of sp³-hybridized carbons (Fsp3) is 0.562. The van der Waals surface area contributed by atoms with Gasteiger partial charge in [-0.25, -0.2) is 4.98 Å². The van der Waals surface area contributed by atoms with Gasteiger partial charge in [0.05, 0.1) is 16.9 Å². The van der Waals surface area contributed by atoms with Gasteiger partial charge in [0.2, 0.25) is 0 Å². The normalized spacial score (nSPS) is 17.9. The molecule has 3 rings (SSSR count). The highest BCUT2D eigenvalue weighted by Gasteiger charge is 2.20. The molecule has 1 fully saturated rings. The van der Waals surface area contributed by atoms with Crippen LogP contribution in [0.25, 0.3) is 11.0 Å². The molecule has 0 radical (unpaired) electrons. The largest absolute Gasteiger partial charge is 0.323 e. The van der Waals surface area contributed by atoms with Gasteiger partial charge in [0, 0.05) is 12.6 Å². The van der Waals surface area contributed by atoms with Crippen LogP contribution < -0.4 is 0 Å². The molecular weight excluding hydrogens is 270 g/mol. The molecule has 1 aliphatic heterocycles. The summed E-state index contributed by atoms with van der Waals surface area (Å²) in [6, 6.07) is 6.71. The molecule has 0 saturated carbocycles. The number of imidazole rings is 1. The number of hydrogen-bond donors (Lipinski definition) is 0. The third kappa shape index (κ3) is 2.45. The molecule has 1 saturated heterocycles. The quantitative estimate of drug-likeness (QED) is 0.800. The Kier molecular flexibility index (Phi) is 3.99. The SMILES string of the molecule is Cc1cccc2nc(CCl)n(C(C)CN3CCCC3)c12. The van der Waals surface area contributed by atoms with Crippen LogP contribution in [-0.4, -0.2) is 34.1 Å². The minimum Gasteiger partial charge on any atom is -0.323 e. The molecule has 0 N–H and O–H groups in total. The number of likely N-dealkylation sites (tertiary alicyclic amines) is 1. The van der Waals surface area contributed by atoms with E-state index < -0.39 is 0 Å². The highest BCUT2D eigenvalue weighted by atomic mass is 35.5. The molecule has 0 amide bonds. The lowest BCUT2D eigenvalue weighted by molar-refractivity contribution is 0.288. The van der Waals surface area contributed by atoms with E-state index in [0.717, 1.165) is 17.9 Å². The molecule has 1 aromatic heterocycles. The van der Waals surface area contributed by atoms with Crippen molar-refractivity contribution in [3.05, 3.63) is 29.6 Å². The third-order valence-electron chi connectivity index (χ3n) is 4.27. The Bertz CT molecular complexity index is 599. The van der Waals surface area contributed by atoms with Gasteiger partial charge in [0.25, 0.3) is 0 Å². The first-order valence-electron chi connectivity index (χ1n) is 7.45. The number of halogens is 1. The second-order valence-electron chi connectivity index (χ2n) is 5.83. The number of para-hydroxylation sites is 1. The zero-order valence-electron chi connectivity index (χ0n) is 12.3. The first-order chi connectivity index (χ1) is 9.70. The molecule has 4 heteroatoms. The van der Waals surface area contributed by atoms with Crippen LogP contribution in [0.1, 0.15) is 37.2 Å². The zero-order chi connectivity index (χ0) is 14.1. The summed E-state index contributed by atoms with van der Waals surface area (Å²) in [6.07, 6.45) is 2.66. The fourth-order valence-corrected chi connectivity index (χ4v) is 3.55. The predicted octanol–water partition coefficient (Wildman–Crippen LogP) is 3.74. The number of aromatic nitrogens is 2. The maximum atomic E-state index is 6.12. The summed E-state index contributed by atoms with van der Waals surface area (Å²) in [7, 11) is 0. The van der Waals surface area contributed by atoms with Crippen molar-refractivity contribution in [2.24, 2.45) is 0 Å². The average molecular weight is 292 g/mol. The Balaban J connectivity index is 1.99. The lowest BCUT2D eigenvalue weighted by atomic mass is 10.2. The summed E-state index contributed by atoms with van der Waals surface area (Å²) in [6.45, 7) is 7.98. The van der Waals surface area contributed by atoms with E-state index >= 15 is 0 Å². The Morgan fingerprint density at radius 2 is 2.05 bits per heavy atom. The third-order valence-corrected chi connectivity index (χ3v) is 4.51. The molecule has 1 aromatic carbocycles. The van der Waals surface area contributed by atoms with Crippen molar-refractivity contribution in [2.45, 2.75) is 38.6 Å². The molecule has 1 unspecified atom stereocenters. The van der Waals surface area contributed by atoms with E-state index in [1.54, 1.807) is 0 Å². The highest BCUT2D eigenvalue weighted by molar-refractivity contribution is 6.16. The first-order valence-corrected chi connectivity index (χ1v) is 7.99. The van der Waals surface area contributed by atoms with Crippen molar-refractivity contribution in [1.82, 2.24) is 14.5 Å². The van der Waals surface area contributed by atoms with Crippen LogP contribution in [0.4, 0.5) is 0 Å². The predicted molar refractivity (Wildman–Crippen MR) is 84.4 cm³/mol. The van der Waals surface area contributed by atoms with E-state index in [9.17, 15) is 0 Å². The molecular formula is C16H22ClN3. The molecule has 20 heavy (non-hydrogen) atoms. The Morgan fingerprint density at radius 1 is 1.30 bits per heavy atom. The number of hydrogen-bond acceptors (Lipinski definition) is 2. The van der Waals surface area contributed by atoms with Crippen LogP contribution in [-0.2, 0) is 5.88 Å². The number of aryl methyl sites for hydroxylation is 1. The highest BCUT2D eigenvalue weighted by Crippen LogP contribution is 2.26. The van der Waals surface area contributed by atoms with Crippen LogP contribution >= 0.6 is 11.6 Å². The molecule has 3 nitrogen and oxygen atoms in total. The molecule has 108 valence electrons. The summed E-state index contributed by atoms with van der Waals surface area (Å²) in [5, 5.41) is 0. The van der Waals surface area contributed by atoms with Crippen LogP contribution in [0.15, 0.2) is 18.2 Å². The van der Waals surface area contributed by atoms with Crippen LogP contribution in [0, 0.1) is 6.92 Å². The first kappa shape index (κ1) is 13.9. The van der Waals surface area contributed by atoms with Gasteiger partial charge in [-0.1, -0.05) is 12.1 Å². The van der Waals surface area contributed by atoms with Crippen molar-refractivity contribution in [2.75, 3.05) is 19.6 Å². The number of fused-ring (bicyclic) bond motifs is 1. The van der Waals surface area contributed by atoms with Gasteiger partial charge in [-0.3, -0.25) is 0 Å². The van der Waals surface area contributed by atoms with Crippen LogP contribution in [0.5, 0.6) is 0 Å². The van der Waals surface area contributed by atoms with Gasteiger partial charge < -0.3 is 9.47 Å². The van der Waals surface area contributed by atoms with Crippen molar-refractivity contribution in [3.8, 4) is 0 Å². The number of benzene rings is 1. The molecule has 1 atom stereocenters. The summed E-state index contributed by atoms with van der Waals surface area (Å²) in [4.78, 5) is 7.25. The van der Waals surface area contributed by atoms with E-state index in [0.29, 0.717) is 11.9 Å². The Morgan fingerprint density at radius 3 is 2.75 bits per heavy atom. The number of nitrogens with zero attached hydrogens (tertiary/aromatic N) is 3. The van der Waals surface area contributed by atoms with Crippen LogP contribution in [0.3, 0.4) is 0 Å². The standard InChI is InChI=1S/C16H22ClN3/c1-12-6-5-7-14-16(12)20(15(10-17)18-14)13(2)11-19-8-3-4-9-19/h5-7,13H,3-4,8-11H2,1-2H3. The second-order valence-corrected chi connectivity index (χ2v) is 6.10. The monoisotopic (exact) mass is 291 g/mol. The van der Waals surface area contributed by atoms with E-state index in [1.165, 1.54) is 37.0 Å². The molecule has 2 aromatic rings. The van der Waals surface area contributed by atoms with E-state index in [2.05, 4.69) is 41.5 Å². The minimum atomic E-state index is 0.410. The zero-order valence-corrected chi connectivity index (χ0v) is 13.0. The minimum absolute atomic E-state index is 0.410. The van der Waals surface area contributed by atoms with Crippen LogP contribution in [0.2, 0.25) is 0 Å². The van der Waals surface area contributed by atoms with Gasteiger partial charge in [-0.2, -0.15) is 0 Å². The lowest BCUT2D eigenvalue weighted by Gasteiger charge is -2.23. The molecule has 0 spiro atoms.